The van der Waals surface area contributed by atoms with E-state index in [1.54, 1.807) is 17.0 Å². The van der Waals surface area contributed by atoms with Crippen LogP contribution in [0.4, 0.5) is 0 Å². The summed E-state index contributed by atoms with van der Waals surface area (Å²) < 4.78 is 10.8. The van der Waals surface area contributed by atoms with E-state index in [2.05, 4.69) is 20.2 Å². The molecule has 0 radical (unpaired) electrons. The van der Waals surface area contributed by atoms with E-state index < -0.39 is 0 Å². The molecule has 1 N–H and O–H groups in total. The lowest BCUT2D eigenvalue weighted by atomic mass is 10.3. The SMILES string of the molecule is CCNC(=NCc1nc(C)c(C)o1)N1CCN(C(=O)c2ccco2)CC1. The summed E-state index contributed by atoms with van der Waals surface area (Å²) in [5.74, 6) is 2.56. The van der Waals surface area contributed by atoms with Crippen molar-refractivity contribution in [1.29, 1.82) is 0 Å². The molecule has 1 aliphatic heterocycles. The Hall–Kier alpha value is -2.77. The Morgan fingerprint density at radius 2 is 2.00 bits per heavy atom. The molecule has 140 valence electrons. The summed E-state index contributed by atoms with van der Waals surface area (Å²) in [4.78, 5) is 25.3. The maximum absolute atomic E-state index is 12.4. The van der Waals surface area contributed by atoms with Crippen molar-refractivity contribution < 1.29 is 13.6 Å². The van der Waals surface area contributed by atoms with Crippen LogP contribution in [-0.4, -0.2) is 59.4 Å². The van der Waals surface area contributed by atoms with Crippen molar-refractivity contribution in [1.82, 2.24) is 20.1 Å². The van der Waals surface area contributed by atoms with E-state index in [1.165, 1.54) is 6.26 Å². The molecule has 26 heavy (non-hydrogen) atoms. The van der Waals surface area contributed by atoms with E-state index in [0.29, 0.717) is 44.4 Å². The number of aromatic nitrogens is 1. The zero-order valence-corrected chi connectivity index (χ0v) is 15.5. The van der Waals surface area contributed by atoms with Gasteiger partial charge in [-0.15, -0.1) is 0 Å². The van der Waals surface area contributed by atoms with Crippen molar-refractivity contribution in [2.45, 2.75) is 27.3 Å². The second kappa shape index (κ2) is 8.07. The minimum Gasteiger partial charge on any atom is -0.459 e. The standard InChI is InChI=1S/C18H25N5O3/c1-4-19-18(20-12-16-21-13(2)14(3)26-16)23-9-7-22(8-10-23)17(24)15-6-5-11-25-15/h5-6,11H,4,7-10,12H2,1-3H3,(H,19,20). The Labute approximate surface area is 152 Å². The fourth-order valence-corrected chi connectivity index (χ4v) is 2.85. The molecule has 0 spiro atoms. The van der Waals surface area contributed by atoms with E-state index in [-0.39, 0.29) is 5.91 Å². The van der Waals surface area contributed by atoms with E-state index in [0.717, 1.165) is 24.0 Å². The summed E-state index contributed by atoms with van der Waals surface area (Å²) >= 11 is 0. The first-order valence-electron chi connectivity index (χ1n) is 8.87. The number of hydrogen-bond donors (Lipinski definition) is 1. The van der Waals surface area contributed by atoms with Crippen LogP contribution in [0.25, 0.3) is 0 Å². The smallest absolute Gasteiger partial charge is 0.289 e. The van der Waals surface area contributed by atoms with Gasteiger partial charge < -0.3 is 24.0 Å². The van der Waals surface area contributed by atoms with Gasteiger partial charge in [-0.25, -0.2) is 9.98 Å². The Bertz CT molecular complexity index is 738. The summed E-state index contributed by atoms with van der Waals surface area (Å²) in [5, 5.41) is 3.30. The molecular weight excluding hydrogens is 334 g/mol. The predicted molar refractivity (Wildman–Crippen MR) is 97.0 cm³/mol. The first kappa shape index (κ1) is 18.0. The lowest BCUT2D eigenvalue weighted by Gasteiger charge is -2.36. The molecule has 0 unspecified atom stereocenters. The summed E-state index contributed by atoms with van der Waals surface area (Å²) in [6.07, 6.45) is 1.52. The number of oxazole rings is 1. The number of carbonyl (C=O) groups excluding carboxylic acids is 1. The van der Waals surface area contributed by atoms with Crippen molar-refractivity contribution in [2.75, 3.05) is 32.7 Å². The van der Waals surface area contributed by atoms with Crippen LogP contribution in [0.1, 0.15) is 34.8 Å². The quantitative estimate of drug-likeness (QED) is 0.662. The highest BCUT2D eigenvalue weighted by atomic mass is 16.4. The van der Waals surface area contributed by atoms with Crippen LogP contribution in [0, 0.1) is 13.8 Å². The van der Waals surface area contributed by atoms with Crippen molar-refractivity contribution in [3.05, 3.63) is 41.5 Å². The number of aryl methyl sites for hydroxylation is 2. The summed E-state index contributed by atoms with van der Waals surface area (Å²) in [6, 6.07) is 3.42. The molecular formula is C18H25N5O3. The van der Waals surface area contributed by atoms with Gasteiger partial charge in [-0.05, 0) is 32.9 Å². The third-order valence-electron chi connectivity index (χ3n) is 4.37. The molecule has 0 atom stereocenters. The molecule has 2 aromatic heterocycles. The van der Waals surface area contributed by atoms with Crippen LogP contribution in [0.5, 0.6) is 0 Å². The molecule has 8 nitrogen and oxygen atoms in total. The number of nitrogens with one attached hydrogen (secondary N) is 1. The molecule has 1 aliphatic rings. The number of amides is 1. The molecule has 0 saturated carbocycles. The normalized spacial score (nSPS) is 15.4. The molecule has 3 heterocycles. The highest BCUT2D eigenvalue weighted by molar-refractivity contribution is 5.91. The van der Waals surface area contributed by atoms with Gasteiger partial charge in [0.1, 0.15) is 12.3 Å². The molecule has 1 amide bonds. The highest BCUT2D eigenvalue weighted by Gasteiger charge is 2.25. The van der Waals surface area contributed by atoms with Gasteiger partial charge in [0.05, 0.1) is 12.0 Å². The van der Waals surface area contributed by atoms with Crippen LogP contribution in [-0.2, 0) is 6.54 Å². The lowest BCUT2D eigenvalue weighted by molar-refractivity contribution is 0.0657. The van der Waals surface area contributed by atoms with Crippen LogP contribution < -0.4 is 5.32 Å². The van der Waals surface area contributed by atoms with Gasteiger partial charge in [-0.3, -0.25) is 4.79 Å². The molecule has 3 rings (SSSR count). The van der Waals surface area contributed by atoms with E-state index in [1.807, 2.05) is 20.8 Å². The number of piperazine rings is 1. The van der Waals surface area contributed by atoms with Gasteiger partial charge in [0.2, 0.25) is 5.89 Å². The number of guanidine groups is 1. The van der Waals surface area contributed by atoms with Gasteiger partial charge in [0.15, 0.2) is 11.7 Å². The van der Waals surface area contributed by atoms with Crippen molar-refractivity contribution in [2.24, 2.45) is 4.99 Å². The van der Waals surface area contributed by atoms with E-state index in [4.69, 9.17) is 8.83 Å². The van der Waals surface area contributed by atoms with Gasteiger partial charge in [-0.1, -0.05) is 0 Å². The van der Waals surface area contributed by atoms with Gasteiger partial charge in [0, 0.05) is 32.7 Å². The molecule has 2 aromatic rings. The van der Waals surface area contributed by atoms with Crippen molar-refractivity contribution >= 4 is 11.9 Å². The fraction of sp³-hybridized carbons (Fsp3) is 0.500. The number of rotatable bonds is 4. The Kier molecular flexibility index (Phi) is 5.60. The zero-order chi connectivity index (χ0) is 18.5. The zero-order valence-electron chi connectivity index (χ0n) is 15.5. The average molecular weight is 359 g/mol. The maximum atomic E-state index is 12.4. The summed E-state index contributed by atoms with van der Waals surface area (Å²) in [6.45, 7) is 9.69. The topological polar surface area (TPSA) is 87.1 Å². The summed E-state index contributed by atoms with van der Waals surface area (Å²) in [5.41, 5.74) is 0.894. The molecule has 1 saturated heterocycles. The minimum atomic E-state index is -0.0673. The molecule has 1 fully saturated rings. The highest BCUT2D eigenvalue weighted by Crippen LogP contribution is 2.11. The molecule has 0 bridgehead atoms. The van der Waals surface area contributed by atoms with Gasteiger partial charge in [0.25, 0.3) is 5.91 Å². The largest absolute Gasteiger partial charge is 0.459 e. The van der Waals surface area contributed by atoms with E-state index in [9.17, 15) is 4.79 Å². The third kappa shape index (κ3) is 4.07. The first-order valence-corrected chi connectivity index (χ1v) is 8.87. The third-order valence-corrected chi connectivity index (χ3v) is 4.37. The van der Waals surface area contributed by atoms with Crippen LogP contribution in [0.3, 0.4) is 0 Å². The molecule has 0 aliphatic carbocycles. The molecule has 0 aromatic carbocycles. The van der Waals surface area contributed by atoms with Crippen molar-refractivity contribution in [3.8, 4) is 0 Å². The fourth-order valence-electron chi connectivity index (χ4n) is 2.85. The second-order valence-corrected chi connectivity index (χ2v) is 6.18. The Morgan fingerprint density at radius 3 is 2.58 bits per heavy atom. The first-order chi connectivity index (χ1) is 12.6. The maximum Gasteiger partial charge on any atom is 0.289 e. The number of furan rings is 1. The Balaban J connectivity index is 1.60. The summed E-state index contributed by atoms with van der Waals surface area (Å²) in [7, 11) is 0. The Morgan fingerprint density at radius 1 is 1.27 bits per heavy atom. The van der Waals surface area contributed by atoms with Crippen LogP contribution in [0.2, 0.25) is 0 Å². The number of aliphatic imine (C=N–C) groups is 1. The molecule has 8 heteroatoms. The lowest BCUT2D eigenvalue weighted by Crippen LogP contribution is -2.53. The van der Waals surface area contributed by atoms with Gasteiger partial charge in [-0.2, -0.15) is 0 Å². The number of nitrogens with zero attached hydrogens (tertiary/aromatic N) is 4. The van der Waals surface area contributed by atoms with Crippen molar-refractivity contribution in [3.63, 3.8) is 0 Å². The van der Waals surface area contributed by atoms with Crippen LogP contribution in [0.15, 0.2) is 32.2 Å². The second-order valence-electron chi connectivity index (χ2n) is 6.18. The van der Waals surface area contributed by atoms with E-state index >= 15 is 0 Å². The monoisotopic (exact) mass is 359 g/mol. The number of hydrogen-bond acceptors (Lipinski definition) is 5. The predicted octanol–water partition coefficient (Wildman–Crippen LogP) is 1.81. The van der Waals surface area contributed by atoms with Crippen LogP contribution >= 0.6 is 0 Å². The average Bonchev–Trinajstić information content (AvgIpc) is 3.29. The van der Waals surface area contributed by atoms with Gasteiger partial charge >= 0.3 is 0 Å². The minimum absolute atomic E-state index is 0.0673. The number of carbonyl (C=O) groups is 1.